The molecule has 0 unspecified atom stereocenters. The van der Waals surface area contributed by atoms with E-state index in [-0.39, 0.29) is 5.57 Å². The van der Waals surface area contributed by atoms with E-state index in [2.05, 4.69) is 40.2 Å². The summed E-state index contributed by atoms with van der Waals surface area (Å²) >= 11 is 1.46. The average molecular weight is 470 g/mol. The van der Waals surface area contributed by atoms with Gasteiger partial charge >= 0.3 is 0 Å². The number of aromatic nitrogens is 1. The van der Waals surface area contributed by atoms with Gasteiger partial charge in [-0.05, 0) is 87.1 Å². The molecule has 0 fully saturated rings. The molecule has 1 N–H and O–H groups in total. The van der Waals surface area contributed by atoms with Gasteiger partial charge in [-0.25, -0.2) is 0 Å². The van der Waals surface area contributed by atoms with Gasteiger partial charge in [-0.15, -0.1) is 11.3 Å². The molecular weight excluding hydrogens is 442 g/mol. The Hall–Kier alpha value is -3.81. The standard InChI is InChI=1S/C27H27N5OS/c1-17-13-19(18(2)32(17)22-11-9-21(10-12-22)31(3)4)14-20(15-28)26(33)30-27-24(16-29)23-7-5-6-8-25(23)34-27/h9-14H,5-8H2,1-4H3,(H,30,33)/b20-14+. The first kappa shape index (κ1) is 23.4. The molecule has 6 nitrogen and oxygen atoms in total. The van der Waals surface area contributed by atoms with Crippen LogP contribution in [0.2, 0.25) is 0 Å². The molecule has 0 saturated heterocycles. The largest absolute Gasteiger partial charge is 0.378 e. The summed E-state index contributed by atoms with van der Waals surface area (Å²) in [5.74, 6) is -0.488. The topological polar surface area (TPSA) is 84.9 Å². The Kier molecular flexibility index (Phi) is 6.58. The number of carbonyl (C=O) groups is 1. The molecule has 0 spiro atoms. The van der Waals surface area contributed by atoms with Crippen LogP contribution >= 0.6 is 11.3 Å². The third-order valence-corrected chi connectivity index (χ3v) is 7.48. The minimum Gasteiger partial charge on any atom is -0.378 e. The number of hydrogen-bond donors (Lipinski definition) is 1. The van der Waals surface area contributed by atoms with Crippen molar-refractivity contribution in [3.8, 4) is 17.8 Å². The van der Waals surface area contributed by atoms with Crippen molar-refractivity contribution in [3.05, 3.63) is 68.9 Å². The Morgan fingerprint density at radius 3 is 2.50 bits per heavy atom. The third kappa shape index (κ3) is 4.35. The molecule has 4 rings (SSSR count). The second-order valence-corrected chi connectivity index (χ2v) is 9.83. The zero-order chi connectivity index (χ0) is 24.4. The van der Waals surface area contributed by atoms with E-state index in [0.29, 0.717) is 10.6 Å². The number of nitrogens with zero attached hydrogens (tertiary/aromatic N) is 4. The molecule has 1 aliphatic carbocycles. The van der Waals surface area contributed by atoms with Crippen molar-refractivity contribution in [3.63, 3.8) is 0 Å². The van der Waals surface area contributed by atoms with Crippen LogP contribution in [0.25, 0.3) is 11.8 Å². The number of amides is 1. The fraction of sp³-hybridized carbons (Fsp3) is 0.296. The molecule has 1 aliphatic rings. The minimum absolute atomic E-state index is 0.0125. The summed E-state index contributed by atoms with van der Waals surface area (Å²) in [6.07, 6.45) is 5.59. The zero-order valence-electron chi connectivity index (χ0n) is 19.9. The normalized spacial score (nSPS) is 13.1. The van der Waals surface area contributed by atoms with E-state index in [9.17, 15) is 15.3 Å². The molecule has 0 atom stereocenters. The maximum atomic E-state index is 13.0. The lowest BCUT2D eigenvalue weighted by Gasteiger charge is -2.14. The van der Waals surface area contributed by atoms with Crippen molar-refractivity contribution >= 4 is 34.0 Å². The molecule has 2 heterocycles. The lowest BCUT2D eigenvalue weighted by atomic mass is 9.96. The Morgan fingerprint density at radius 1 is 1.15 bits per heavy atom. The van der Waals surface area contributed by atoms with Gasteiger partial charge in [0.15, 0.2) is 0 Å². The van der Waals surface area contributed by atoms with Crippen molar-refractivity contribution in [2.24, 2.45) is 0 Å². The van der Waals surface area contributed by atoms with Crippen molar-refractivity contribution in [1.82, 2.24) is 4.57 Å². The van der Waals surface area contributed by atoms with Crippen molar-refractivity contribution in [1.29, 1.82) is 10.5 Å². The fourth-order valence-electron chi connectivity index (χ4n) is 4.48. The van der Waals surface area contributed by atoms with Crippen LogP contribution in [-0.4, -0.2) is 24.6 Å². The smallest absolute Gasteiger partial charge is 0.266 e. The van der Waals surface area contributed by atoms with Crippen molar-refractivity contribution in [2.45, 2.75) is 39.5 Å². The summed E-state index contributed by atoms with van der Waals surface area (Å²) < 4.78 is 2.11. The number of nitriles is 2. The highest BCUT2D eigenvalue weighted by atomic mass is 32.1. The summed E-state index contributed by atoms with van der Waals surface area (Å²) in [6, 6.07) is 14.5. The number of fused-ring (bicyclic) bond motifs is 1. The summed E-state index contributed by atoms with van der Waals surface area (Å²) in [4.78, 5) is 16.2. The molecule has 7 heteroatoms. The van der Waals surface area contributed by atoms with E-state index < -0.39 is 5.91 Å². The van der Waals surface area contributed by atoms with Gasteiger partial charge in [-0.1, -0.05) is 0 Å². The monoisotopic (exact) mass is 469 g/mol. The predicted octanol–water partition coefficient (Wildman–Crippen LogP) is 5.52. The Labute approximate surface area is 204 Å². The van der Waals surface area contributed by atoms with Crippen molar-refractivity contribution in [2.75, 3.05) is 24.3 Å². The summed E-state index contributed by atoms with van der Waals surface area (Å²) in [5, 5.41) is 22.8. The van der Waals surface area contributed by atoms with Gasteiger partial charge < -0.3 is 14.8 Å². The third-order valence-electron chi connectivity index (χ3n) is 6.27. The van der Waals surface area contributed by atoms with Gasteiger partial charge in [0.25, 0.3) is 5.91 Å². The first-order valence-corrected chi connectivity index (χ1v) is 12.1. The molecule has 3 aromatic rings. The van der Waals surface area contributed by atoms with Gasteiger partial charge in [-0.3, -0.25) is 4.79 Å². The van der Waals surface area contributed by atoms with Crippen LogP contribution in [0.1, 0.15) is 45.8 Å². The Balaban J connectivity index is 1.63. The number of rotatable bonds is 5. The molecule has 0 bridgehead atoms. The number of carbonyl (C=O) groups excluding carboxylic acids is 1. The van der Waals surface area contributed by atoms with Crippen LogP contribution in [0.3, 0.4) is 0 Å². The fourth-order valence-corrected chi connectivity index (χ4v) is 5.71. The quantitative estimate of drug-likeness (QED) is 0.394. The van der Waals surface area contributed by atoms with Crippen LogP contribution in [0.4, 0.5) is 10.7 Å². The van der Waals surface area contributed by atoms with E-state index in [1.807, 2.05) is 45.0 Å². The number of anilines is 2. The number of thiophene rings is 1. The van der Waals surface area contributed by atoms with E-state index in [4.69, 9.17) is 0 Å². The molecule has 0 saturated carbocycles. The maximum Gasteiger partial charge on any atom is 0.266 e. The van der Waals surface area contributed by atoms with E-state index in [0.717, 1.165) is 59.6 Å². The minimum atomic E-state index is -0.488. The van der Waals surface area contributed by atoms with Gasteiger partial charge in [0.1, 0.15) is 22.7 Å². The second kappa shape index (κ2) is 9.59. The van der Waals surface area contributed by atoms with E-state index >= 15 is 0 Å². The Bertz CT molecular complexity index is 1360. The van der Waals surface area contributed by atoms with Crippen LogP contribution in [0.15, 0.2) is 35.9 Å². The van der Waals surface area contributed by atoms with Crippen LogP contribution < -0.4 is 10.2 Å². The van der Waals surface area contributed by atoms with E-state index in [1.54, 1.807) is 6.08 Å². The summed E-state index contributed by atoms with van der Waals surface area (Å²) in [5.41, 5.74) is 6.51. The highest BCUT2D eigenvalue weighted by Crippen LogP contribution is 2.37. The van der Waals surface area contributed by atoms with Crippen molar-refractivity contribution < 1.29 is 4.79 Å². The molecule has 2 aromatic heterocycles. The molecule has 0 aliphatic heterocycles. The van der Waals surface area contributed by atoms with Crippen LogP contribution in [0, 0.1) is 36.5 Å². The predicted molar refractivity (Wildman–Crippen MR) is 137 cm³/mol. The Morgan fingerprint density at radius 2 is 1.85 bits per heavy atom. The van der Waals surface area contributed by atoms with Gasteiger partial charge in [-0.2, -0.15) is 10.5 Å². The van der Waals surface area contributed by atoms with Gasteiger partial charge in [0.05, 0.1) is 5.56 Å². The average Bonchev–Trinajstić information content (AvgIpc) is 3.32. The van der Waals surface area contributed by atoms with Crippen LogP contribution in [0.5, 0.6) is 0 Å². The molecule has 34 heavy (non-hydrogen) atoms. The summed E-state index contributed by atoms with van der Waals surface area (Å²) in [7, 11) is 4.01. The first-order chi connectivity index (χ1) is 16.3. The highest BCUT2D eigenvalue weighted by Gasteiger charge is 2.23. The number of aryl methyl sites for hydroxylation is 2. The number of benzene rings is 1. The van der Waals surface area contributed by atoms with E-state index in [1.165, 1.54) is 16.2 Å². The lowest BCUT2D eigenvalue weighted by Crippen LogP contribution is -2.13. The SMILES string of the molecule is Cc1cc(/C=C(\C#N)C(=O)Nc2sc3c(c2C#N)CCCC3)c(C)n1-c1ccc(N(C)C)cc1. The highest BCUT2D eigenvalue weighted by molar-refractivity contribution is 7.16. The number of nitrogens with one attached hydrogen (secondary N) is 1. The maximum absolute atomic E-state index is 13.0. The summed E-state index contributed by atoms with van der Waals surface area (Å²) in [6.45, 7) is 3.98. The molecule has 0 radical (unpaired) electrons. The number of hydrogen-bond acceptors (Lipinski definition) is 5. The molecule has 1 aromatic carbocycles. The zero-order valence-corrected chi connectivity index (χ0v) is 20.7. The van der Waals surface area contributed by atoms with Gasteiger partial charge in [0.2, 0.25) is 0 Å². The lowest BCUT2D eigenvalue weighted by molar-refractivity contribution is -0.112. The molecular formula is C27H27N5OS. The second-order valence-electron chi connectivity index (χ2n) is 8.72. The molecule has 172 valence electrons. The van der Waals surface area contributed by atoms with Crippen LogP contribution in [-0.2, 0) is 17.6 Å². The van der Waals surface area contributed by atoms with Gasteiger partial charge in [0, 0.05) is 41.7 Å². The molecule has 1 amide bonds. The first-order valence-electron chi connectivity index (χ1n) is 11.3.